The molecule has 1 aliphatic rings. The van der Waals surface area contributed by atoms with Crippen molar-refractivity contribution in [2.75, 3.05) is 13.1 Å². The Hall–Kier alpha value is -0.870. The van der Waals surface area contributed by atoms with E-state index in [9.17, 15) is 5.11 Å². The van der Waals surface area contributed by atoms with E-state index in [1.807, 2.05) is 6.92 Å². The molecule has 1 aromatic rings. The molecule has 2 heterocycles. The second-order valence-electron chi connectivity index (χ2n) is 5.07. The molecule has 1 aromatic heterocycles. The standard InChI is InChI=1S/C12H20N2O2/c1-8-10(12(2,3)15)16-11(14-8)9-5-4-6-13-7-9/h9,13,15H,4-7H2,1-3H3. The van der Waals surface area contributed by atoms with Crippen LogP contribution >= 0.6 is 0 Å². The summed E-state index contributed by atoms with van der Waals surface area (Å²) in [7, 11) is 0. The Morgan fingerprint density at radius 3 is 2.75 bits per heavy atom. The third kappa shape index (κ3) is 2.28. The fourth-order valence-corrected chi connectivity index (χ4v) is 2.22. The van der Waals surface area contributed by atoms with Crippen LogP contribution in [0.4, 0.5) is 0 Å². The van der Waals surface area contributed by atoms with Crippen LogP contribution in [-0.2, 0) is 5.60 Å². The zero-order valence-electron chi connectivity index (χ0n) is 10.2. The number of piperidine rings is 1. The highest BCUT2D eigenvalue weighted by atomic mass is 16.4. The molecule has 4 heteroatoms. The lowest BCUT2D eigenvalue weighted by molar-refractivity contribution is 0.0514. The van der Waals surface area contributed by atoms with Gasteiger partial charge in [0.05, 0.1) is 5.69 Å². The molecule has 1 saturated heterocycles. The van der Waals surface area contributed by atoms with Gasteiger partial charge in [0, 0.05) is 12.5 Å². The molecular weight excluding hydrogens is 204 g/mol. The maximum atomic E-state index is 9.93. The smallest absolute Gasteiger partial charge is 0.199 e. The molecule has 1 fully saturated rings. The van der Waals surface area contributed by atoms with E-state index < -0.39 is 5.60 Å². The third-order valence-electron chi connectivity index (χ3n) is 3.01. The molecule has 2 N–H and O–H groups in total. The van der Waals surface area contributed by atoms with Crippen molar-refractivity contribution >= 4 is 0 Å². The molecule has 1 unspecified atom stereocenters. The Labute approximate surface area is 96.1 Å². The minimum Gasteiger partial charge on any atom is -0.442 e. The van der Waals surface area contributed by atoms with Crippen molar-refractivity contribution in [3.8, 4) is 0 Å². The lowest BCUT2D eigenvalue weighted by Gasteiger charge is -2.20. The van der Waals surface area contributed by atoms with Gasteiger partial charge in [0.25, 0.3) is 0 Å². The molecule has 0 aromatic carbocycles. The fraction of sp³-hybridized carbons (Fsp3) is 0.750. The summed E-state index contributed by atoms with van der Waals surface area (Å²) in [5.74, 6) is 1.71. The van der Waals surface area contributed by atoms with E-state index in [0.717, 1.165) is 37.5 Å². The number of rotatable bonds is 2. The van der Waals surface area contributed by atoms with Crippen molar-refractivity contribution in [3.63, 3.8) is 0 Å². The first-order valence-corrected chi connectivity index (χ1v) is 5.89. The van der Waals surface area contributed by atoms with Gasteiger partial charge in [-0.15, -0.1) is 0 Å². The molecule has 0 spiro atoms. The number of nitrogens with zero attached hydrogens (tertiary/aromatic N) is 1. The Morgan fingerprint density at radius 1 is 1.50 bits per heavy atom. The van der Waals surface area contributed by atoms with E-state index >= 15 is 0 Å². The minimum absolute atomic E-state index is 0.351. The largest absolute Gasteiger partial charge is 0.442 e. The van der Waals surface area contributed by atoms with Crippen LogP contribution < -0.4 is 5.32 Å². The monoisotopic (exact) mass is 224 g/mol. The van der Waals surface area contributed by atoms with E-state index in [1.54, 1.807) is 13.8 Å². The van der Waals surface area contributed by atoms with Gasteiger partial charge in [-0.2, -0.15) is 0 Å². The lowest BCUT2D eigenvalue weighted by atomic mass is 10.00. The van der Waals surface area contributed by atoms with E-state index in [1.165, 1.54) is 0 Å². The summed E-state index contributed by atoms with van der Waals surface area (Å²) in [5, 5.41) is 13.3. The van der Waals surface area contributed by atoms with Gasteiger partial charge in [-0.05, 0) is 40.2 Å². The van der Waals surface area contributed by atoms with Crippen LogP contribution in [0.25, 0.3) is 0 Å². The van der Waals surface area contributed by atoms with Crippen molar-refractivity contribution in [3.05, 3.63) is 17.3 Å². The number of nitrogens with one attached hydrogen (secondary N) is 1. The molecule has 16 heavy (non-hydrogen) atoms. The van der Waals surface area contributed by atoms with Crippen molar-refractivity contribution in [2.24, 2.45) is 0 Å². The van der Waals surface area contributed by atoms with Gasteiger partial charge in [-0.25, -0.2) is 4.98 Å². The predicted octanol–water partition coefficient (Wildman–Crippen LogP) is 1.68. The molecule has 0 saturated carbocycles. The van der Waals surface area contributed by atoms with Crippen LogP contribution in [0.5, 0.6) is 0 Å². The van der Waals surface area contributed by atoms with Crippen LogP contribution in [0, 0.1) is 6.92 Å². The van der Waals surface area contributed by atoms with Gasteiger partial charge in [-0.3, -0.25) is 0 Å². The molecule has 0 radical (unpaired) electrons. The summed E-state index contributed by atoms with van der Waals surface area (Å²) < 4.78 is 5.72. The Morgan fingerprint density at radius 2 is 2.25 bits per heavy atom. The second kappa shape index (κ2) is 4.18. The van der Waals surface area contributed by atoms with E-state index in [0.29, 0.717) is 11.7 Å². The molecule has 1 atom stereocenters. The molecule has 1 aliphatic heterocycles. The number of oxazole rings is 1. The normalized spacial score (nSPS) is 22.4. The summed E-state index contributed by atoms with van der Waals surface area (Å²) in [6, 6.07) is 0. The zero-order valence-corrected chi connectivity index (χ0v) is 10.2. The second-order valence-corrected chi connectivity index (χ2v) is 5.07. The van der Waals surface area contributed by atoms with E-state index in [2.05, 4.69) is 10.3 Å². The molecule has 0 bridgehead atoms. The van der Waals surface area contributed by atoms with Gasteiger partial charge >= 0.3 is 0 Å². The maximum absolute atomic E-state index is 9.93. The van der Waals surface area contributed by atoms with Crippen molar-refractivity contribution in [1.29, 1.82) is 0 Å². The van der Waals surface area contributed by atoms with Crippen LogP contribution in [0.3, 0.4) is 0 Å². The highest BCUT2D eigenvalue weighted by molar-refractivity contribution is 5.16. The van der Waals surface area contributed by atoms with E-state index in [4.69, 9.17) is 4.42 Å². The molecular formula is C12H20N2O2. The Balaban J connectivity index is 2.23. The summed E-state index contributed by atoms with van der Waals surface area (Å²) >= 11 is 0. The highest BCUT2D eigenvalue weighted by Crippen LogP contribution is 2.29. The first kappa shape index (κ1) is 11.6. The van der Waals surface area contributed by atoms with Gasteiger partial charge in [0.1, 0.15) is 5.60 Å². The summed E-state index contributed by atoms with van der Waals surface area (Å²) in [6.45, 7) is 7.34. The van der Waals surface area contributed by atoms with Gasteiger partial charge < -0.3 is 14.8 Å². The van der Waals surface area contributed by atoms with Crippen LogP contribution in [0.15, 0.2) is 4.42 Å². The SMILES string of the molecule is Cc1nc(C2CCCNC2)oc1C(C)(C)O. The molecule has 0 amide bonds. The van der Waals surface area contributed by atoms with E-state index in [-0.39, 0.29) is 0 Å². The number of hydrogen-bond donors (Lipinski definition) is 2. The first-order valence-electron chi connectivity index (χ1n) is 5.89. The molecule has 90 valence electrons. The van der Waals surface area contributed by atoms with Crippen LogP contribution in [-0.4, -0.2) is 23.2 Å². The third-order valence-corrected chi connectivity index (χ3v) is 3.01. The first-order chi connectivity index (χ1) is 7.48. The van der Waals surface area contributed by atoms with Gasteiger partial charge in [0.2, 0.25) is 0 Å². The lowest BCUT2D eigenvalue weighted by Crippen LogP contribution is -2.28. The number of hydrogen-bond acceptors (Lipinski definition) is 4. The average molecular weight is 224 g/mol. The van der Waals surface area contributed by atoms with Crippen molar-refractivity contribution in [1.82, 2.24) is 10.3 Å². The Kier molecular flexibility index (Phi) is 3.04. The maximum Gasteiger partial charge on any atom is 0.199 e. The molecule has 0 aliphatic carbocycles. The van der Waals surface area contributed by atoms with Crippen molar-refractivity contribution in [2.45, 2.75) is 45.1 Å². The average Bonchev–Trinajstić information content (AvgIpc) is 2.61. The fourth-order valence-electron chi connectivity index (χ4n) is 2.22. The number of aliphatic hydroxyl groups is 1. The van der Waals surface area contributed by atoms with Crippen LogP contribution in [0.1, 0.15) is 50.0 Å². The quantitative estimate of drug-likeness (QED) is 0.802. The summed E-state index contributed by atoms with van der Waals surface area (Å²) in [5.41, 5.74) is -0.148. The van der Waals surface area contributed by atoms with Gasteiger partial charge in [0.15, 0.2) is 11.7 Å². The zero-order chi connectivity index (χ0) is 11.8. The van der Waals surface area contributed by atoms with Crippen LogP contribution in [0.2, 0.25) is 0 Å². The number of aromatic nitrogens is 1. The molecule has 2 rings (SSSR count). The Bertz CT molecular complexity index is 360. The minimum atomic E-state index is -0.947. The summed E-state index contributed by atoms with van der Waals surface area (Å²) in [4.78, 5) is 4.43. The predicted molar refractivity (Wildman–Crippen MR) is 61.3 cm³/mol. The highest BCUT2D eigenvalue weighted by Gasteiger charge is 2.28. The van der Waals surface area contributed by atoms with Gasteiger partial charge in [-0.1, -0.05) is 0 Å². The summed E-state index contributed by atoms with van der Waals surface area (Å²) in [6.07, 6.45) is 2.27. The van der Waals surface area contributed by atoms with Crippen molar-refractivity contribution < 1.29 is 9.52 Å². The molecule has 4 nitrogen and oxygen atoms in total. The number of aryl methyl sites for hydroxylation is 1. The topological polar surface area (TPSA) is 58.3 Å².